The van der Waals surface area contributed by atoms with Crippen molar-refractivity contribution in [1.29, 1.82) is 0 Å². The molecule has 3 nitrogen and oxygen atoms in total. The molecule has 2 heterocycles. The van der Waals surface area contributed by atoms with E-state index in [1.54, 1.807) is 0 Å². The lowest BCUT2D eigenvalue weighted by molar-refractivity contribution is 0.169. The fraction of sp³-hybridized carbons (Fsp3) is 0.625. The molecule has 0 spiro atoms. The van der Waals surface area contributed by atoms with Gasteiger partial charge >= 0.3 is 0 Å². The Morgan fingerprint density at radius 3 is 2.45 bits per heavy atom. The van der Waals surface area contributed by atoms with Crippen LogP contribution >= 0.6 is 11.6 Å². The summed E-state index contributed by atoms with van der Waals surface area (Å²) < 4.78 is 0. The highest BCUT2D eigenvalue weighted by Gasteiger charge is 2.38. The Morgan fingerprint density at radius 1 is 1.20 bits per heavy atom. The normalized spacial score (nSPS) is 29.5. The summed E-state index contributed by atoms with van der Waals surface area (Å²) in [4.78, 5) is 4.71. The van der Waals surface area contributed by atoms with Gasteiger partial charge in [0.1, 0.15) is 0 Å². The molecule has 2 atom stereocenters. The molecule has 0 amide bonds. The molecule has 1 N–H and O–H groups in total. The van der Waals surface area contributed by atoms with Crippen molar-refractivity contribution in [1.82, 2.24) is 4.90 Å². The molecule has 0 radical (unpaired) electrons. The molecular formula is C16H24ClN3. The van der Waals surface area contributed by atoms with E-state index in [0.717, 1.165) is 22.8 Å². The van der Waals surface area contributed by atoms with Crippen molar-refractivity contribution in [3.63, 3.8) is 0 Å². The van der Waals surface area contributed by atoms with Crippen molar-refractivity contribution in [3.8, 4) is 0 Å². The maximum absolute atomic E-state index is 6.17. The van der Waals surface area contributed by atoms with Gasteiger partial charge in [0, 0.05) is 37.2 Å². The summed E-state index contributed by atoms with van der Waals surface area (Å²) in [5, 5.41) is 4.54. The molecule has 2 fully saturated rings. The summed E-state index contributed by atoms with van der Waals surface area (Å²) in [6.07, 6.45) is 5.20. The first-order valence-corrected chi connectivity index (χ1v) is 7.87. The minimum absolute atomic E-state index is 0.570. The molecule has 4 heteroatoms. The number of halogens is 1. The monoisotopic (exact) mass is 293 g/mol. The molecule has 2 saturated heterocycles. The van der Waals surface area contributed by atoms with Crippen LogP contribution < -0.4 is 10.2 Å². The first kappa shape index (κ1) is 14.0. The van der Waals surface area contributed by atoms with Crippen LogP contribution in [-0.4, -0.2) is 44.2 Å². The summed E-state index contributed by atoms with van der Waals surface area (Å²) in [6, 6.07) is 8.19. The third-order valence-electron chi connectivity index (χ3n) is 4.90. The zero-order valence-corrected chi connectivity index (χ0v) is 13.3. The standard InChI is InChI=1S/C16H24ClN3/c1-19(2)16-7-4-11(17)8-15(16)18-12-9-13-5-6-14(10-12)20(13)3/h4,7-8,12-14,18H,5-6,9-10H2,1-3H3. The van der Waals surface area contributed by atoms with E-state index in [9.17, 15) is 0 Å². The summed E-state index contributed by atoms with van der Waals surface area (Å²) in [6.45, 7) is 0. The molecule has 20 heavy (non-hydrogen) atoms. The Kier molecular flexibility index (Phi) is 3.83. The first-order valence-electron chi connectivity index (χ1n) is 7.50. The third-order valence-corrected chi connectivity index (χ3v) is 5.13. The molecule has 1 aromatic carbocycles. The van der Waals surface area contributed by atoms with E-state index in [4.69, 9.17) is 11.6 Å². The summed E-state index contributed by atoms with van der Waals surface area (Å²) >= 11 is 6.17. The van der Waals surface area contributed by atoms with Gasteiger partial charge < -0.3 is 15.1 Å². The van der Waals surface area contributed by atoms with Crippen molar-refractivity contribution in [2.45, 2.75) is 43.8 Å². The van der Waals surface area contributed by atoms with Gasteiger partial charge in [-0.05, 0) is 50.9 Å². The van der Waals surface area contributed by atoms with Crippen LogP contribution in [0, 0.1) is 0 Å². The van der Waals surface area contributed by atoms with Gasteiger partial charge in [-0.25, -0.2) is 0 Å². The van der Waals surface area contributed by atoms with E-state index in [0.29, 0.717) is 6.04 Å². The molecule has 2 aliphatic rings. The smallest absolute Gasteiger partial charge is 0.0597 e. The highest BCUT2D eigenvalue weighted by atomic mass is 35.5. The third kappa shape index (κ3) is 2.61. The van der Waals surface area contributed by atoms with Crippen LogP contribution in [0.1, 0.15) is 25.7 Å². The van der Waals surface area contributed by atoms with E-state index in [-0.39, 0.29) is 0 Å². The number of anilines is 2. The van der Waals surface area contributed by atoms with Gasteiger partial charge in [-0.3, -0.25) is 0 Å². The van der Waals surface area contributed by atoms with Crippen LogP contribution in [0.2, 0.25) is 5.02 Å². The fourth-order valence-electron chi connectivity index (χ4n) is 3.76. The molecular weight excluding hydrogens is 270 g/mol. The van der Waals surface area contributed by atoms with Gasteiger partial charge in [0.2, 0.25) is 0 Å². The summed E-state index contributed by atoms with van der Waals surface area (Å²) in [5.74, 6) is 0. The van der Waals surface area contributed by atoms with Gasteiger partial charge in [0.15, 0.2) is 0 Å². The summed E-state index contributed by atoms with van der Waals surface area (Å²) in [7, 11) is 6.43. The zero-order chi connectivity index (χ0) is 14.3. The average Bonchev–Trinajstić information content (AvgIpc) is 2.62. The minimum Gasteiger partial charge on any atom is -0.380 e. The largest absolute Gasteiger partial charge is 0.380 e. The van der Waals surface area contributed by atoms with Crippen LogP contribution in [0.4, 0.5) is 11.4 Å². The zero-order valence-electron chi connectivity index (χ0n) is 12.6. The van der Waals surface area contributed by atoms with Crippen LogP contribution in [0.3, 0.4) is 0 Å². The van der Waals surface area contributed by atoms with Gasteiger partial charge in [-0.1, -0.05) is 11.6 Å². The first-order chi connectivity index (χ1) is 9.54. The number of rotatable bonds is 3. The van der Waals surface area contributed by atoms with Gasteiger partial charge in [-0.15, -0.1) is 0 Å². The molecule has 0 aliphatic carbocycles. The van der Waals surface area contributed by atoms with Crippen molar-refractivity contribution in [2.75, 3.05) is 31.4 Å². The lowest BCUT2D eigenvalue weighted by atomic mass is 9.97. The molecule has 0 saturated carbocycles. The Balaban J connectivity index is 1.77. The van der Waals surface area contributed by atoms with E-state index in [2.05, 4.69) is 48.4 Å². The number of hydrogen-bond acceptors (Lipinski definition) is 3. The second kappa shape index (κ2) is 5.45. The number of fused-ring (bicyclic) bond motifs is 2. The Labute approximate surface area is 126 Å². The van der Waals surface area contributed by atoms with Crippen molar-refractivity contribution in [2.24, 2.45) is 0 Å². The van der Waals surface area contributed by atoms with E-state index in [1.807, 2.05) is 6.07 Å². The van der Waals surface area contributed by atoms with Crippen molar-refractivity contribution in [3.05, 3.63) is 23.2 Å². The Bertz CT molecular complexity index is 475. The molecule has 0 aromatic heterocycles. The molecule has 110 valence electrons. The second-order valence-electron chi connectivity index (χ2n) is 6.42. The quantitative estimate of drug-likeness (QED) is 0.921. The van der Waals surface area contributed by atoms with Gasteiger partial charge in [0.05, 0.1) is 11.4 Å². The maximum Gasteiger partial charge on any atom is 0.0597 e. The maximum atomic E-state index is 6.17. The minimum atomic E-state index is 0.570. The van der Waals surface area contributed by atoms with Gasteiger partial charge in [-0.2, -0.15) is 0 Å². The molecule has 2 unspecified atom stereocenters. The SMILES string of the molecule is CN(C)c1ccc(Cl)cc1NC1CC2CCC(C1)N2C. The topological polar surface area (TPSA) is 18.5 Å². The van der Waals surface area contributed by atoms with E-state index in [1.165, 1.54) is 31.4 Å². The van der Waals surface area contributed by atoms with E-state index >= 15 is 0 Å². The number of nitrogens with zero attached hydrogens (tertiary/aromatic N) is 2. The average molecular weight is 294 g/mol. The number of hydrogen-bond donors (Lipinski definition) is 1. The Morgan fingerprint density at radius 2 is 1.85 bits per heavy atom. The molecule has 3 rings (SSSR count). The Hall–Kier alpha value is -0.930. The second-order valence-corrected chi connectivity index (χ2v) is 6.86. The van der Waals surface area contributed by atoms with Crippen LogP contribution in [-0.2, 0) is 0 Å². The van der Waals surface area contributed by atoms with Crippen LogP contribution in [0.15, 0.2) is 18.2 Å². The van der Waals surface area contributed by atoms with Crippen LogP contribution in [0.5, 0.6) is 0 Å². The number of piperidine rings is 1. The highest BCUT2D eigenvalue weighted by Crippen LogP contribution is 2.37. The lowest BCUT2D eigenvalue weighted by Crippen LogP contribution is -2.44. The van der Waals surface area contributed by atoms with Crippen molar-refractivity contribution >= 4 is 23.0 Å². The molecule has 1 aromatic rings. The van der Waals surface area contributed by atoms with E-state index < -0.39 is 0 Å². The highest BCUT2D eigenvalue weighted by molar-refractivity contribution is 6.31. The van der Waals surface area contributed by atoms with Gasteiger partial charge in [0.25, 0.3) is 0 Å². The van der Waals surface area contributed by atoms with Crippen molar-refractivity contribution < 1.29 is 0 Å². The molecule has 2 aliphatic heterocycles. The number of benzene rings is 1. The summed E-state index contributed by atoms with van der Waals surface area (Å²) in [5.41, 5.74) is 2.37. The predicted molar refractivity (Wildman–Crippen MR) is 87.0 cm³/mol. The number of nitrogens with one attached hydrogen (secondary N) is 1. The fourth-order valence-corrected chi connectivity index (χ4v) is 3.94. The predicted octanol–water partition coefficient (Wildman–Crippen LogP) is 3.44. The molecule has 2 bridgehead atoms. The van der Waals surface area contributed by atoms with Crippen LogP contribution in [0.25, 0.3) is 0 Å². The lowest BCUT2D eigenvalue weighted by Gasteiger charge is -2.37.